The first-order chi connectivity index (χ1) is 5.41. The van der Waals surface area contributed by atoms with Gasteiger partial charge in [0.25, 0.3) is 0 Å². The molecule has 0 aromatic carbocycles. The molecule has 0 radical (unpaired) electrons. The molecule has 0 amide bonds. The summed E-state index contributed by atoms with van der Waals surface area (Å²) in [6.07, 6.45) is 0. The smallest absolute Gasteiger partial charge is 0.0701 e. The van der Waals surface area contributed by atoms with Gasteiger partial charge < -0.3 is 14.2 Å². The van der Waals surface area contributed by atoms with Crippen molar-refractivity contribution in [2.24, 2.45) is 0 Å². The average molecular weight is 274 g/mol. The summed E-state index contributed by atoms with van der Waals surface area (Å²) in [5.74, 6) is 0. The van der Waals surface area contributed by atoms with Crippen molar-refractivity contribution in [2.45, 2.75) is 0 Å². The zero-order valence-corrected chi connectivity index (χ0v) is 9.00. The molecule has 68 valence electrons. The molecule has 0 aliphatic heterocycles. The Bertz CT molecular complexity index is 62.7. The molecule has 0 heterocycles. The van der Waals surface area contributed by atoms with E-state index in [1.165, 1.54) is 0 Å². The quantitative estimate of drug-likeness (QED) is 0.377. The summed E-state index contributed by atoms with van der Waals surface area (Å²) in [5.41, 5.74) is 0. The van der Waals surface area contributed by atoms with E-state index in [9.17, 15) is 0 Å². The highest BCUT2D eigenvalue weighted by Gasteiger charge is 1.87. The number of methoxy groups -OCH3 is 1. The van der Waals surface area contributed by atoms with Crippen LogP contribution in [-0.2, 0) is 14.2 Å². The van der Waals surface area contributed by atoms with E-state index in [0.29, 0.717) is 26.4 Å². The first kappa shape index (κ1) is 11.6. The average Bonchev–Trinajstić information content (AvgIpc) is 2.03. The van der Waals surface area contributed by atoms with E-state index in [2.05, 4.69) is 22.6 Å². The summed E-state index contributed by atoms with van der Waals surface area (Å²) in [4.78, 5) is 0. The van der Waals surface area contributed by atoms with Gasteiger partial charge in [0.1, 0.15) is 0 Å². The molecule has 0 aliphatic rings. The molecule has 0 bridgehead atoms. The molecule has 4 heteroatoms. The Labute approximate surface area is 81.5 Å². The fraction of sp³-hybridized carbons (Fsp3) is 1.00. The summed E-state index contributed by atoms with van der Waals surface area (Å²) in [6, 6.07) is 0. The van der Waals surface area contributed by atoms with Crippen LogP contribution in [0.5, 0.6) is 0 Å². The highest BCUT2D eigenvalue weighted by Crippen LogP contribution is 1.83. The monoisotopic (exact) mass is 274 g/mol. The molecule has 0 saturated carbocycles. The highest BCUT2D eigenvalue weighted by molar-refractivity contribution is 14.1. The van der Waals surface area contributed by atoms with Crippen molar-refractivity contribution in [3.05, 3.63) is 0 Å². The van der Waals surface area contributed by atoms with E-state index < -0.39 is 0 Å². The number of hydrogen-bond acceptors (Lipinski definition) is 3. The zero-order valence-electron chi connectivity index (χ0n) is 6.85. The maximum atomic E-state index is 5.19. The molecule has 3 nitrogen and oxygen atoms in total. The maximum Gasteiger partial charge on any atom is 0.0701 e. The van der Waals surface area contributed by atoms with E-state index in [1.807, 2.05) is 0 Å². The Hall–Kier alpha value is 0.610. The van der Waals surface area contributed by atoms with Gasteiger partial charge in [-0.2, -0.15) is 0 Å². The first-order valence-corrected chi connectivity index (χ1v) is 5.14. The van der Waals surface area contributed by atoms with Crippen molar-refractivity contribution < 1.29 is 14.2 Å². The van der Waals surface area contributed by atoms with Crippen LogP contribution >= 0.6 is 22.6 Å². The SMILES string of the molecule is COCCOCCOCCI. The Morgan fingerprint density at radius 2 is 1.45 bits per heavy atom. The molecule has 0 atom stereocenters. The van der Waals surface area contributed by atoms with Crippen molar-refractivity contribution in [2.75, 3.05) is 44.6 Å². The minimum absolute atomic E-state index is 0.657. The summed E-state index contributed by atoms with van der Waals surface area (Å²) >= 11 is 2.28. The Balaban J connectivity index is 2.69. The fourth-order valence-corrected chi connectivity index (χ4v) is 0.830. The standard InChI is InChI=1S/C7H15IO3/c1-9-4-5-11-7-6-10-3-2-8/h2-7H2,1H3. The lowest BCUT2D eigenvalue weighted by Gasteiger charge is -2.03. The fourth-order valence-electron chi connectivity index (χ4n) is 0.519. The lowest BCUT2D eigenvalue weighted by Crippen LogP contribution is -2.08. The zero-order chi connectivity index (χ0) is 8.36. The highest BCUT2D eigenvalue weighted by atomic mass is 127. The number of rotatable bonds is 8. The van der Waals surface area contributed by atoms with Gasteiger partial charge in [0, 0.05) is 11.5 Å². The molecule has 0 aromatic rings. The lowest BCUT2D eigenvalue weighted by molar-refractivity contribution is 0.0289. The molecule has 0 fully saturated rings. The van der Waals surface area contributed by atoms with Gasteiger partial charge in [-0.15, -0.1) is 0 Å². The van der Waals surface area contributed by atoms with Gasteiger partial charge in [-0.3, -0.25) is 0 Å². The van der Waals surface area contributed by atoms with Crippen molar-refractivity contribution >= 4 is 22.6 Å². The summed E-state index contributed by atoms with van der Waals surface area (Å²) in [6.45, 7) is 3.48. The van der Waals surface area contributed by atoms with Gasteiger partial charge in [0.15, 0.2) is 0 Å². The van der Waals surface area contributed by atoms with Crippen LogP contribution in [0.3, 0.4) is 0 Å². The van der Waals surface area contributed by atoms with Gasteiger partial charge in [-0.25, -0.2) is 0 Å². The van der Waals surface area contributed by atoms with Gasteiger partial charge in [0.2, 0.25) is 0 Å². The predicted molar refractivity (Wildman–Crippen MR) is 52.4 cm³/mol. The normalized spacial score (nSPS) is 10.4. The molecule has 0 rings (SSSR count). The molecular formula is C7H15IO3. The molecule has 0 N–H and O–H groups in total. The van der Waals surface area contributed by atoms with E-state index in [-0.39, 0.29) is 0 Å². The second kappa shape index (κ2) is 10.6. The third kappa shape index (κ3) is 10.6. The largest absolute Gasteiger partial charge is 0.382 e. The van der Waals surface area contributed by atoms with Crippen LogP contribution in [0, 0.1) is 0 Å². The maximum absolute atomic E-state index is 5.19. The van der Waals surface area contributed by atoms with Crippen molar-refractivity contribution in [1.29, 1.82) is 0 Å². The van der Waals surface area contributed by atoms with E-state index in [1.54, 1.807) is 7.11 Å². The molecular weight excluding hydrogens is 259 g/mol. The summed E-state index contributed by atoms with van der Waals surface area (Å²) < 4.78 is 16.2. The Morgan fingerprint density at radius 1 is 0.909 bits per heavy atom. The predicted octanol–water partition coefficient (Wildman–Crippen LogP) is 1.10. The minimum atomic E-state index is 0.657. The van der Waals surface area contributed by atoms with Crippen LogP contribution in [0.15, 0.2) is 0 Å². The first-order valence-electron chi connectivity index (χ1n) is 3.62. The third-order valence-corrected chi connectivity index (χ3v) is 1.47. The van der Waals surface area contributed by atoms with Crippen LogP contribution in [0.4, 0.5) is 0 Å². The van der Waals surface area contributed by atoms with Crippen molar-refractivity contribution in [3.8, 4) is 0 Å². The molecule has 11 heavy (non-hydrogen) atoms. The molecule has 0 saturated heterocycles. The Morgan fingerprint density at radius 3 is 2.00 bits per heavy atom. The molecule has 0 unspecified atom stereocenters. The van der Waals surface area contributed by atoms with Crippen LogP contribution in [0.25, 0.3) is 0 Å². The lowest BCUT2D eigenvalue weighted by atomic mass is 10.7. The van der Waals surface area contributed by atoms with Crippen LogP contribution in [-0.4, -0.2) is 44.6 Å². The van der Waals surface area contributed by atoms with Gasteiger partial charge in [-0.05, 0) is 0 Å². The number of alkyl halides is 1. The topological polar surface area (TPSA) is 27.7 Å². The molecule has 0 aromatic heterocycles. The summed E-state index contributed by atoms with van der Waals surface area (Å²) in [7, 11) is 1.66. The van der Waals surface area contributed by atoms with Crippen molar-refractivity contribution in [1.82, 2.24) is 0 Å². The van der Waals surface area contributed by atoms with Gasteiger partial charge >= 0.3 is 0 Å². The number of halogens is 1. The summed E-state index contributed by atoms with van der Waals surface area (Å²) in [5, 5.41) is 0. The minimum Gasteiger partial charge on any atom is -0.382 e. The third-order valence-electron chi connectivity index (χ3n) is 1.03. The number of hydrogen-bond donors (Lipinski definition) is 0. The van der Waals surface area contributed by atoms with Crippen LogP contribution < -0.4 is 0 Å². The molecule has 0 aliphatic carbocycles. The second-order valence-corrected chi connectivity index (χ2v) is 2.99. The van der Waals surface area contributed by atoms with Crippen molar-refractivity contribution in [3.63, 3.8) is 0 Å². The van der Waals surface area contributed by atoms with Gasteiger partial charge in [-0.1, -0.05) is 22.6 Å². The van der Waals surface area contributed by atoms with E-state index in [4.69, 9.17) is 14.2 Å². The van der Waals surface area contributed by atoms with E-state index in [0.717, 1.165) is 11.0 Å². The van der Waals surface area contributed by atoms with Gasteiger partial charge in [0.05, 0.1) is 33.0 Å². The van der Waals surface area contributed by atoms with E-state index >= 15 is 0 Å². The van der Waals surface area contributed by atoms with Crippen LogP contribution in [0.2, 0.25) is 0 Å². The molecule has 0 spiro atoms. The number of ether oxygens (including phenoxy) is 3. The van der Waals surface area contributed by atoms with Crippen LogP contribution in [0.1, 0.15) is 0 Å². The second-order valence-electron chi connectivity index (χ2n) is 1.91. The Kier molecular flexibility index (Phi) is 11.2.